The maximum absolute atomic E-state index is 5.24. The van der Waals surface area contributed by atoms with Crippen LogP contribution in [0.5, 0.6) is 0 Å². The summed E-state index contributed by atoms with van der Waals surface area (Å²) in [5.41, 5.74) is 11.6. The van der Waals surface area contributed by atoms with Crippen LogP contribution in [0.25, 0.3) is 0 Å². The number of guanidine groups is 1. The average molecular weight is 390 g/mol. The zero-order valence-corrected chi connectivity index (χ0v) is 11.8. The molecule has 0 saturated heterocycles. The van der Waals surface area contributed by atoms with Crippen molar-refractivity contribution in [1.29, 1.82) is 0 Å². The number of hydrogen-bond acceptors (Lipinski definition) is 1. The number of nitrogens with zero attached hydrogens (tertiary/aromatic N) is 1. The Morgan fingerprint density at radius 3 is 2.64 bits per heavy atom. The molecule has 14 heavy (non-hydrogen) atoms. The van der Waals surface area contributed by atoms with E-state index in [0.717, 1.165) is 10.0 Å². The molecule has 1 rings (SSSR count). The molecule has 0 heterocycles. The van der Waals surface area contributed by atoms with Crippen molar-refractivity contribution in [3.63, 3.8) is 0 Å². The lowest BCUT2D eigenvalue weighted by Gasteiger charge is -2.01. The summed E-state index contributed by atoms with van der Waals surface area (Å²) >= 11 is 5.67. The summed E-state index contributed by atoms with van der Waals surface area (Å²) in [6, 6.07) is 6.04. The van der Waals surface area contributed by atoms with E-state index in [1.54, 1.807) is 0 Å². The van der Waals surface area contributed by atoms with Gasteiger partial charge in [-0.15, -0.1) is 12.4 Å². The van der Waals surface area contributed by atoms with E-state index in [2.05, 4.69) is 43.5 Å². The van der Waals surface area contributed by atoms with E-state index in [0.29, 0.717) is 6.54 Å². The molecular formula is C8H10BrClIN3. The summed E-state index contributed by atoms with van der Waals surface area (Å²) in [6.07, 6.45) is 0. The van der Waals surface area contributed by atoms with E-state index < -0.39 is 0 Å². The Bertz CT molecular complexity index is 339. The zero-order valence-electron chi connectivity index (χ0n) is 7.21. The van der Waals surface area contributed by atoms with Crippen molar-refractivity contribution in [1.82, 2.24) is 0 Å². The molecule has 0 radical (unpaired) electrons. The van der Waals surface area contributed by atoms with Crippen molar-refractivity contribution in [2.24, 2.45) is 16.5 Å². The van der Waals surface area contributed by atoms with Gasteiger partial charge in [0.25, 0.3) is 0 Å². The van der Waals surface area contributed by atoms with Gasteiger partial charge in [0.1, 0.15) is 0 Å². The fourth-order valence-corrected chi connectivity index (χ4v) is 1.77. The number of rotatable bonds is 2. The first-order valence-electron chi connectivity index (χ1n) is 3.59. The van der Waals surface area contributed by atoms with E-state index in [1.165, 1.54) is 3.57 Å². The van der Waals surface area contributed by atoms with Crippen molar-refractivity contribution in [3.8, 4) is 0 Å². The Hall–Kier alpha value is -0.0100. The van der Waals surface area contributed by atoms with Crippen molar-refractivity contribution in [2.75, 3.05) is 0 Å². The molecule has 0 aliphatic rings. The molecule has 0 unspecified atom stereocenters. The summed E-state index contributed by atoms with van der Waals surface area (Å²) in [7, 11) is 0. The average Bonchev–Trinajstić information content (AvgIpc) is 2.06. The van der Waals surface area contributed by atoms with Gasteiger partial charge in [-0.3, -0.25) is 0 Å². The number of aliphatic imine (C=N–C) groups is 1. The van der Waals surface area contributed by atoms with Crippen molar-refractivity contribution >= 4 is 56.9 Å². The number of benzene rings is 1. The zero-order chi connectivity index (χ0) is 9.84. The van der Waals surface area contributed by atoms with E-state index >= 15 is 0 Å². The largest absolute Gasteiger partial charge is 0.370 e. The minimum absolute atomic E-state index is 0. The highest BCUT2D eigenvalue weighted by molar-refractivity contribution is 14.1. The second-order valence-corrected chi connectivity index (χ2v) is 4.58. The number of hydrogen-bond donors (Lipinski definition) is 2. The molecule has 78 valence electrons. The molecule has 1 aromatic rings. The Labute approximate surface area is 111 Å². The lowest BCUT2D eigenvalue weighted by Crippen LogP contribution is -2.22. The van der Waals surface area contributed by atoms with Gasteiger partial charge in [-0.05, 0) is 46.4 Å². The summed E-state index contributed by atoms with van der Waals surface area (Å²) in [6.45, 7) is 0.514. The molecule has 6 heteroatoms. The van der Waals surface area contributed by atoms with Crippen molar-refractivity contribution in [2.45, 2.75) is 6.54 Å². The van der Waals surface area contributed by atoms with Crippen LogP contribution in [0, 0.1) is 3.57 Å². The van der Waals surface area contributed by atoms with E-state index in [-0.39, 0.29) is 18.4 Å². The molecular weight excluding hydrogens is 380 g/mol. The van der Waals surface area contributed by atoms with Crippen molar-refractivity contribution < 1.29 is 0 Å². The molecule has 0 fully saturated rings. The fourth-order valence-electron chi connectivity index (χ4n) is 0.841. The van der Waals surface area contributed by atoms with Crippen LogP contribution in [0.4, 0.5) is 0 Å². The summed E-state index contributed by atoms with van der Waals surface area (Å²) in [4.78, 5) is 3.94. The first kappa shape index (κ1) is 14.0. The van der Waals surface area contributed by atoms with Crippen LogP contribution in [0.2, 0.25) is 0 Å². The molecule has 4 N–H and O–H groups in total. The van der Waals surface area contributed by atoms with Gasteiger partial charge in [-0.25, -0.2) is 4.99 Å². The van der Waals surface area contributed by atoms with Gasteiger partial charge in [0.2, 0.25) is 0 Å². The van der Waals surface area contributed by atoms with E-state index in [4.69, 9.17) is 11.5 Å². The highest BCUT2D eigenvalue weighted by atomic mass is 127. The topological polar surface area (TPSA) is 64.4 Å². The van der Waals surface area contributed by atoms with Gasteiger partial charge >= 0.3 is 0 Å². The third-order valence-corrected chi connectivity index (χ3v) is 2.88. The molecule has 3 nitrogen and oxygen atoms in total. The van der Waals surface area contributed by atoms with Crippen LogP contribution < -0.4 is 11.5 Å². The van der Waals surface area contributed by atoms with Crippen LogP contribution >= 0.6 is 50.9 Å². The van der Waals surface area contributed by atoms with Gasteiger partial charge < -0.3 is 11.5 Å². The first-order chi connectivity index (χ1) is 6.09. The van der Waals surface area contributed by atoms with Crippen LogP contribution in [0.3, 0.4) is 0 Å². The van der Waals surface area contributed by atoms with Gasteiger partial charge in [-0.1, -0.05) is 15.9 Å². The Kier molecular flexibility index (Phi) is 6.46. The van der Waals surface area contributed by atoms with Gasteiger partial charge in [0, 0.05) is 8.04 Å². The molecule has 1 aromatic carbocycles. The van der Waals surface area contributed by atoms with Crippen LogP contribution in [0.15, 0.2) is 27.7 Å². The SMILES string of the molecule is Cl.NC(N)=NCc1cc(I)ccc1Br. The second kappa shape index (κ2) is 6.47. The second-order valence-electron chi connectivity index (χ2n) is 2.48. The summed E-state index contributed by atoms with van der Waals surface area (Å²) < 4.78 is 2.19. The molecule has 0 bridgehead atoms. The quantitative estimate of drug-likeness (QED) is 0.462. The van der Waals surface area contributed by atoms with Gasteiger partial charge in [0.15, 0.2) is 5.96 Å². The third-order valence-electron chi connectivity index (χ3n) is 1.44. The molecule has 0 aliphatic carbocycles. The fraction of sp³-hybridized carbons (Fsp3) is 0.125. The molecule has 0 atom stereocenters. The Balaban J connectivity index is 0.00000169. The van der Waals surface area contributed by atoms with Crippen LogP contribution in [0.1, 0.15) is 5.56 Å². The van der Waals surface area contributed by atoms with Crippen LogP contribution in [-0.2, 0) is 6.54 Å². The van der Waals surface area contributed by atoms with Gasteiger partial charge in [0.05, 0.1) is 6.54 Å². The maximum atomic E-state index is 5.24. The highest BCUT2D eigenvalue weighted by Crippen LogP contribution is 2.19. The maximum Gasteiger partial charge on any atom is 0.186 e. The number of halogens is 3. The van der Waals surface area contributed by atoms with Gasteiger partial charge in [-0.2, -0.15) is 0 Å². The Morgan fingerprint density at radius 2 is 2.07 bits per heavy atom. The molecule has 0 aliphatic heterocycles. The van der Waals surface area contributed by atoms with E-state index in [1.807, 2.05) is 18.2 Å². The summed E-state index contributed by atoms with van der Waals surface area (Å²) in [5.74, 6) is 0.116. The standard InChI is InChI=1S/C8H9BrIN3.ClH/c9-7-2-1-6(10)3-5(7)4-13-8(11)12;/h1-3H,4H2,(H4,11,12,13);1H. The van der Waals surface area contributed by atoms with Crippen LogP contribution in [-0.4, -0.2) is 5.96 Å². The highest BCUT2D eigenvalue weighted by Gasteiger charge is 1.99. The smallest absolute Gasteiger partial charge is 0.186 e. The Morgan fingerprint density at radius 1 is 1.43 bits per heavy atom. The number of nitrogens with two attached hydrogens (primary N) is 2. The van der Waals surface area contributed by atoms with E-state index in [9.17, 15) is 0 Å². The molecule has 0 spiro atoms. The predicted octanol–water partition coefficient (Wildman–Crippen LogP) is 2.25. The third kappa shape index (κ3) is 4.47. The molecule has 0 aromatic heterocycles. The van der Waals surface area contributed by atoms with Crippen molar-refractivity contribution in [3.05, 3.63) is 31.8 Å². The molecule has 0 amide bonds. The summed E-state index contributed by atoms with van der Waals surface area (Å²) in [5, 5.41) is 0. The minimum atomic E-state index is 0. The minimum Gasteiger partial charge on any atom is -0.370 e. The first-order valence-corrected chi connectivity index (χ1v) is 5.46. The molecule has 0 saturated carbocycles. The predicted molar refractivity (Wildman–Crippen MR) is 73.6 cm³/mol. The lowest BCUT2D eigenvalue weighted by molar-refractivity contribution is 1.04. The normalized spacial score (nSPS) is 9.00. The lowest BCUT2D eigenvalue weighted by atomic mass is 10.2. The monoisotopic (exact) mass is 389 g/mol.